The van der Waals surface area contributed by atoms with E-state index in [4.69, 9.17) is 16.6 Å². The van der Waals surface area contributed by atoms with E-state index in [9.17, 15) is 5.11 Å². The zero-order valence-corrected chi connectivity index (χ0v) is 21.6. The first-order chi connectivity index (χ1) is 16.3. The molecule has 172 valence electrons. The van der Waals surface area contributed by atoms with Gasteiger partial charge in [-0.25, -0.2) is 15.0 Å². The minimum atomic E-state index is -1.44. The first kappa shape index (κ1) is 23.1. The number of rotatable bonds is 5. The number of pyridine rings is 1. The van der Waals surface area contributed by atoms with E-state index >= 15 is 0 Å². The van der Waals surface area contributed by atoms with Gasteiger partial charge in [0.1, 0.15) is 5.03 Å². The highest BCUT2D eigenvalue weighted by molar-refractivity contribution is 7.98. The van der Waals surface area contributed by atoms with E-state index in [1.54, 1.807) is 24.3 Å². The molecule has 0 saturated carbocycles. The molecule has 1 atom stereocenters. The largest absolute Gasteiger partial charge is 0.374 e. The molecule has 0 amide bonds. The van der Waals surface area contributed by atoms with E-state index in [1.165, 1.54) is 11.3 Å². The summed E-state index contributed by atoms with van der Waals surface area (Å²) in [4.78, 5) is 14.5. The molecule has 0 fully saturated rings. The third kappa shape index (κ3) is 3.64. The number of thiazole rings is 1. The van der Waals surface area contributed by atoms with Crippen molar-refractivity contribution in [3.63, 3.8) is 0 Å². The molecule has 3 heterocycles. The second kappa shape index (κ2) is 8.82. The molecule has 1 N–H and O–H groups in total. The molecule has 0 saturated heterocycles. The number of halogens is 1. The molecule has 3 aromatic heterocycles. The standard InChI is InChI=1S/C26H23ClN4OS2/c1-15-24(34-16(2)29-15)26(32,21-13-28-14-31(21)3)18-10-11-20-19(12-18)23(27)22(25(30-20)33-4)17-8-6-5-7-9-17/h5-14,32H,1-4H3. The van der Waals surface area contributed by atoms with Gasteiger partial charge in [0.15, 0.2) is 5.60 Å². The number of fused-ring (bicyclic) bond motifs is 1. The summed E-state index contributed by atoms with van der Waals surface area (Å²) in [5.74, 6) is 0. The maximum atomic E-state index is 12.4. The van der Waals surface area contributed by atoms with Crippen molar-refractivity contribution in [1.82, 2.24) is 19.5 Å². The number of aliphatic hydroxyl groups is 1. The molecule has 1 unspecified atom stereocenters. The van der Waals surface area contributed by atoms with Gasteiger partial charge in [0, 0.05) is 18.0 Å². The van der Waals surface area contributed by atoms with Gasteiger partial charge in [0.2, 0.25) is 0 Å². The molecule has 0 radical (unpaired) electrons. The maximum absolute atomic E-state index is 12.4. The Morgan fingerprint density at radius 1 is 1.09 bits per heavy atom. The predicted octanol–water partition coefficient (Wildman–Crippen LogP) is 6.37. The lowest BCUT2D eigenvalue weighted by Crippen LogP contribution is -2.31. The molecule has 34 heavy (non-hydrogen) atoms. The molecule has 2 aromatic carbocycles. The normalized spacial score (nSPS) is 13.4. The minimum Gasteiger partial charge on any atom is -0.374 e. The second-order valence-electron chi connectivity index (χ2n) is 8.16. The summed E-state index contributed by atoms with van der Waals surface area (Å²) in [5.41, 5.74) is 3.38. The van der Waals surface area contributed by atoms with E-state index < -0.39 is 5.60 Å². The van der Waals surface area contributed by atoms with Gasteiger partial charge in [-0.2, -0.15) is 0 Å². The summed E-state index contributed by atoms with van der Waals surface area (Å²) in [6, 6.07) is 15.8. The van der Waals surface area contributed by atoms with Crippen molar-refractivity contribution in [2.75, 3.05) is 6.26 Å². The Morgan fingerprint density at radius 3 is 2.47 bits per heavy atom. The number of hydrogen-bond donors (Lipinski definition) is 1. The first-order valence-electron chi connectivity index (χ1n) is 10.7. The third-order valence-corrected chi connectivity index (χ3v) is 8.24. The van der Waals surface area contributed by atoms with Crippen molar-refractivity contribution in [1.29, 1.82) is 0 Å². The van der Waals surface area contributed by atoms with Gasteiger partial charge in [0.25, 0.3) is 0 Å². The monoisotopic (exact) mass is 506 g/mol. The van der Waals surface area contributed by atoms with E-state index in [0.29, 0.717) is 16.3 Å². The van der Waals surface area contributed by atoms with Crippen LogP contribution in [0, 0.1) is 13.8 Å². The Bertz CT molecular complexity index is 1510. The molecule has 0 aliphatic heterocycles. The highest BCUT2D eigenvalue weighted by Gasteiger charge is 2.40. The van der Waals surface area contributed by atoms with Gasteiger partial charge >= 0.3 is 0 Å². The zero-order chi connectivity index (χ0) is 24.0. The third-order valence-electron chi connectivity index (χ3n) is 5.98. The number of nitrogens with zero attached hydrogens (tertiary/aromatic N) is 4. The fourth-order valence-electron chi connectivity index (χ4n) is 4.40. The fourth-order valence-corrected chi connectivity index (χ4v) is 6.46. The number of aromatic nitrogens is 4. The summed E-state index contributed by atoms with van der Waals surface area (Å²) in [6.07, 6.45) is 5.39. The van der Waals surface area contributed by atoms with Crippen LogP contribution >= 0.6 is 34.7 Å². The van der Waals surface area contributed by atoms with Crippen LogP contribution in [0.2, 0.25) is 5.02 Å². The summed E-state index contributed by atoms with van der Waals surface area (Å²) in [7, 11) is 1.88. The number of imidazole rings is 1. The van der Waals surface area contributed by atoms with Crippen molar-refractivity contribution in [3.8, 4) is 11.1 Å². The van der Waals surface area contributed by atoms with Gasteiger partial charge < -0.3 is 9.67 Å². The lowest BCUT2D eigenvalue weighted by molar-refractivity contribution is 0.120. The van der Waals surface area contributed by atoms with Crippen LogP contribution in [0.5, 0.6) is 0 Å². The molecule has 8 heteroatoms. The molecule has 0 aliphatic rings. The Balaban J connectivity index is 1.81. The van der Waals surface area contributed by atoms with Gasteiger partial charge in [0.05, 0.1) is 44.3 Å². The van der Waals surface area contributed by atoms with Crippen molar-refractivity contribution in [2.45, 2.75) is 24.5 Å². The van der Waals surface area contributed by atoms with Gasteiger partial charge in [-0.05, 0) is 43.4 Å². The van der Waals surface area contributed by atoms with Crippen LogP contribution in [-0.4, -0.2) is 30.9 Å². The second-order valence-corrected chi connectivity index (χ2v) is 10.5. The summed E-state index contributed by atoms with van der Waals surface area (Å²) in [5, 5.41) is 15.5. The molecule has 0 spiro atoms. The Hall–Kier alpha value is -2.71. The highest BCUT2D eigenvalue weighted by Crippen LogP contribution is 2.44. The summed E-state index contributed by atoms with van der Waals surface area (Å²) >= 11 is 10.1. The molecule has 0 bridgehead atoms. The van der Waals surface area contributed by atoms with E-state index in [-0.39, 0.29) is 0 Å². The molecule has 0 aliphatic carbocycles. The SMILES string of the molecule is CSc1nc2ccc(C(O)(c3sc(C)nc3C)c3cncn3C)cc2c(Cl)c1-c1ccccc1. The van der Waals surface area contributed by atoms with Crippen molar-refractivity contribution in [3.05, 3.63) is 92.9 Å². The lowest BCUT2D eigenvalue weighted by Gasteiger charge is -2.29. The lowest BCUT2D eigenvalue weighted by atomic mass is 9.87. The molecule has 5 rings (SSSR count). The predicted molar refractivity (Wildman–Crippen MR) is 141 cm³/mol. The minimum absolute atomic E-state index is 0.618. The number of benzene rings is 2. The van der Waals surface area contributed by atoms with Crippen LogP contribution in [0.1, 0.15) is 26.8 Å². The van der Waals surface area contributed by atoms with Crippen LogP contribution < -0.4 is 0 Å². The highest BCUT2D eigenvalue weighted by atomic mass is 35.5. The summed E-state index contributed by atoms with van der Waals surface area (Å²) in [6.45, 7) is 3.87. The number of aryl methyl sites for hydroxylation is 3. The van der Waals surface area contributed by atoms with Crippen LogP contribution in [0.15, 0.2) is 66.1 Å². The van der Waals surface area contributed by atoms with Crippen LogP contribution in [0.25, 0.3) is 22.0 Å². The van der Waals surface area contributed by atoms with Gasteiger partial charge in [-0.3, -0.25) is 0 Å². The van der Waals surface area contributed by atoms with Gasteiger partial charge in [-0.15, -0.1) is 23.1 Å². The molecule has 5 aromatic rings. The Kier molecular flexibility index (Phi) is 5.98. The molecular weight excluding hydrogens is 484 g/mol. The summed E-state index contributed by atoms with van der Waals surface area (Å²) < 4.78 is 1.84. The zero-order valence-electron chi connectivity index (χ0n) is 19.2. The fraction of sp³-hybridized carbons (Fsp3) is 0.192. The smallest absolute Gasteiger partial charge is 0.167 e. The van der Waals surface area contributed by atoms with Crippen LogP contribution in [0.4, 0.5) is 0 Å². The Morgan fingerprint density at radius 2 is 1.85 bits per heavy atom. The number of thioether (sulfide) groups is 1. The van der Waals surface area contributed by atoms with Crippen molar-refractivity contribution < 1.29 is 5.11 Å². The molecule has 5 nitrogen and oxygen atoms in total. The average molecular weight is 507 g/mol. The van der Waals surface area contributed by atoms with E-state index in [0.717, 1.165) is 42.6 Å². The number of hydrogen-bond acceptors (Lipinski definition) is 6. The van der Waals surface area contributed by atoms with Crippen molar-refractivity contribution in [2.24, 2.45) is 7.05 Å². The van der Waals surface area contributed by atoms with Crippen LogP contribution in [0.3, 0.4) is 0 Å². The molecular formula is C26H23ClN4OS2. The average Bonchev–Trinajstić information content (AvgIpc) is 3.43. The Labute approximate surface area is 211 Å². The van der Waals surface area contributed by atoms with Crippen LogP contribution in [-0.2, 0) is 12.6 Å². The maximum Gasteiger partial charge on any atom is 0.167 e. The topological polar surface area (TPSA) is 63.8 Å². The quantitative estimate of drug-likeness (QED) is 0.281. The van der Waals surface area contributed by atoms with E-state index in [1.807, 2.05) is 80.2 Å². The van der Waals surface area contributed by atoms with Crippen molar-refractivity contribution >= 4 is 45.6 Å². The van der Waals surface area contributed by atoms with E-state index in [2.05, 4.69) is 9.97 Å². The van der Waals surface area contributed by atoms with Gasteiger partial charge in [-0.1, -0.05) is 48.0 Å². The first-order valence-corrected chi connectivity index (χ1v) is 13.1.